The number of benzene rings is 1. The van der Waals surface area contributed by atoms with Crippen molar-refractivity contribution >= 4 is 11.9 Å². The van der Waals surface area contributed by atoms with Crippen LogP contribution in [0.4, 0.5) is 0 Å². The average Bonchev–Trinajstić information content (AvgIpc) is 2.28. The average molecular weight is 256 g/mol. The fraction of sp³-hybridized carbons (Fsp3) is 0.333. The molecule has 6 heteroatoms. The molecule has 1 rings (SSSR count). The minimum Gasteiger partial charge on any atom is -0.507 e. The van der Waals surface area contributed by atoms with Gasteiger partial charge in [-0.3, -0.25) is 4.79 Å². The lowest BCUT2D eigenvalue weighted by molar-refractivity contribution is -0.134. The highest BCUT2D eigenvalue weighted by molar-refractivity contribution is 5.92. The smallest absolute Gasteiger partial charge is 0.344 e. The molecule has 0 aliphatic carbocycles. The summed E-state index contributed by atoms with van der Waals surface area (Å²) in [6, 6.07) is 6.02. The number of carboxylic acid groups (broad SMARTS) is 1. The number of carbonyl (C=O) groups is 2. The molecule has 18 heavy (non-hydrogen) atoms. The van der Waals surface area contributed by atoms with Crippen LogP contribution >= 0.6 is 0 Å². The van der Waals surface area contributed by atoms with Gasteiger partial charge in [-0.2, -0.15) is 0 Å². The van der Waals surface area contributed by atoms with Gasteiger partial charge in [-0.15, -0.1) is 0 Å². The molecule has 0 amide bonds. The highest BCUT2D eigenvalue weighted by Crippen LogP contribution is 2.17. The molecule has 0 fully saturated rings. The van der Waals surface area contributed by atoms with Crippen LogP contribution in [0.3, 0.4) is 0 Å². The van der Waals surface area contributed by atoms with Gasteiger partial charge in [0, 0.05) is 13.3 Å². The molecule has 1 unspecified atom stereocenters. The van der Waals surface area contributed by atoms with Crippen molar-refractivity contribution in [1.29, 1.82) is 0 Å². The van der Waals surface area contributed by atoms with Gasteiger partial charge in [-0.05, 0) is 12.1 Å². The van der Waals surface area contributed by atoms with E-state index in [4.69, 9.17) is 15.0 Å². The summed E-state index contributed by atoms with van der Waals surface area (Å²) in [4.78, 5) is 20.3. The molecule has 1 aromatic carbocycles. The number of aliphatic carboxylic acids is 1. The molecule has 6 nitrogen and oxygen atoms in total. The summed E-state index contributed by atoms with van der Waals surface area (Å²) >= 11 is 0. The van der Waals surface area contributed by atoms with Crippen LogP contribution in [0.15, 0.2) is 24.3 Å². The van der Waals surface area contributed by atoms with E-state index in [2.05, 4.69) is 4.74 Å². The SMILES string of the molecule is CC(=O)O.CCC(O)OC(=O)c1ccccc1O. The first-order valence-electron chi connectivity index (χ1n) is 5.25. The van der Waals surface area contributed by atoms with Gasteiger partial charge >= 0.3 is 5.97 Å². The zero-order chi connectivity index (χ0) is 14.1. The third-order valence-electron chi connectivity index (χ3n) is 1.72. The number of esters is 1. The van der Waals surface area contributed by atoms with Gasteiger partial charge in [0.2, 0.25) is 6.29 Å². The van der Waals surface area contributed by atoms with Crippen LogP contribution in [0.2, 0.25) is 0 Å². The molecule has 0 heterocycles. The van der Waals surface area contributed by atoms with Crippen molar-refractivity contribution < 1.29 is 29.6 Å². The van der Waals surface area contributed by atoms with Crippen LogP contribution in [-0.2, 0) is 9.53 Å². The molecule has 1 atom stereocenters. The maximum absolute atomic E-state index is 11.3. The van der Waals surface area contributed by atoms with Gasteiger partial charge in [-0.1, -0.05) is 19.1 Å². The van der Waals surface area contributed by atoms with Crippen molar-refractivity contribution in [1.82, 2.24) is 0 Å². The molecule has 1 aromatic rings. The van der Waals surface area contributed by atoms with E-state index in [9.17, 15) is 9.90 Å². The van der Waals surface area contributed by atoms with Crippen molar-refractivity contribution in [2.24, 2.45) is 0 Å². The number of para-hydroxylation sites is 1. The van der Waals surface area contributed by atoms with Crippen molar-refractivity contribution in [2.75, 3.05) is 0 Å². The molecule has 0 aliphatic heterocycles. The molecule has 100 valence electrons. The van der Waals surface area contributed by atoms with Crippen LogP contribution in [-0.4, -0.2) is 33.5 Å². The Morgan fingerprint density at radius 1 is 1.33 bits per heavy atom. The molecule has 0 saturated heterocycles. The first kappa shape index (κ1) is 15.9. The highest BCUT2D eigenvalue weighted by atomic mass is 16.6. The third kappa shape index (κ3) is 6.49. The summed E-state index contributed by atoms with van der Waals surface area (Å²) in [6.07, 6.45) is -0.804. The number of carboxylic acids is 1. The van der Waals surface area contributed by atoms with E-state index in [1.807, 2.05) is 0 Å². The number of hydrogen-bond acceptors (Lipinski definition) is 5. The summed E-state index contributed by atoms with van der Waals surface area (Å²) in [7, 11) is 0. The molecule has 3 N–H and O–H groups in total. The number of aliphatic hydroxyl groups excluding tert-OH is 1. The van der Waals surface area contributed by atoms with Gasteiger partial charge in [0.1, 0.15) is 11.3 Å². The molecule has 0 radical (unpaired) electrons. The highest BCUT2D eigenvalue weighted by Gasteiger charge is 2.14. The van der Waals surface area contributed by atoms with E-state index in [1.54, 1.807) is 19.1 Å². The van der Waals surface area contributed by atoms with Gasteiger partial charge in [0.15, 0.2) is 0 Å². The summed E-state index contributed by atoms with van der Waals surface area (Å²) < 4.78 is 4.62. The van der Waals surface area contributed by atoms with Gasteiger partial charge < -0.3 is 20.1 Å². The number of ether oxygens (including phenoxy) is 1. The van der Waals surface area contributed by atoms with Gasteiger partial charge in [0.25, 0.3) is 5.97 Å². The number of hydrogen-bond donors (Lipinski definition) is 3. The third-order valence-corrected chi connectivity index (χ3v) is 1.72. The normalized spacial score (nSPS) is 10.8. The Hall–Kier alpha value is -2.08. The first-order valence-corrected chi connectivity index (χ1v) is 5.25. The monoisotopic (exact) mass is 256 g/mol. The molecular weight excluding hydrogens is 240 g/mol. The summed E-state index contributed by atoms with van der Waals surface area (Å²) in [5.74, 6) is -1.71. The van der Waals surface area contributed by atoms with E-state index < -0.39 is 18.2 Å². The lowest BCUT2D eigenvalue weighted by Crippen LogP contribution is -2.16. The van der Waals surface area contributed by atoms with Gasteiger partial charge in [0.05, 0.1) is 0 Å². The summed E-state index contributed by atoms with van der Waals surface area (Å²) in [6.45, 7) is 2.77. The first-order chi connectivity index (χ1) is 8.38. The molecule has 0 aromatic heterocycles. The van der Waals surface area contributed by atoms with Gasteiger partial charge in [-0.25, -0.2) is 4.79 Å². The van der Waals surface area contributed by atoms with Crippen molar-refractivity contribution in [3.8, 4) is 5.75 Å². The molecule has 0 saturated carbocycles. The topological polar surface area (TPSA) is 104 Å². The summed E-state index contributed by atoms with van der Waals surface area (Å²) in [5.41, 5.74) is 0.0556. The second-order valence-electron chi connectivity index (χ2n) is 3.30. The largest absolute Gasteiger partial charge is 0.507 e. The number of aliphatic hydroxyl groups is 1. The predicted octanol–water partition coefficient (Wildman–Crippen LogP) is 1.37. The molecule has 0 aliphatic rings. The Labute approximate surface area is 104 Å². The standard InChI is InChI=1S/C10H12O4.C2H4O2/c1-2-9(12)14-10(13)7-5-3-4-6-8(7)11;1-2(3)4/h3-6,9,11-12H,2H2,1H3;1H3,(H,3,4). The minimum atomic E-state index is -1.12. The molecule has 0 bridgehead atoms. The van der Waals surface area contributed by atoms with Crippen LogP contribution in [0, 0.1) is 0 Å². The Morgan fingerprint density at radius 2 is 1.83 bits per heavy atom. The van der Waals surface area contributed by atoms with E-state index in [0.717, 1.165) is 6.92 Å². The van der Waals surface area contributed by atoms with Crippen LogP contribution in [0.1, 0.15) is 30.6 Å². The second-order valence-corrected chi connectivity index (χ2v) is 3.30. The van der Waals surface area contributed by atoms with Crippen molar-refractivity contribution in [3.63, 3.8) is 0 Å². The van der Waals surface area contributed by atoms with Crippen LogP contribution in [0.5, 0.6) is 5.75 Å². The van der Waals surface area contributed by atoms with E-state index >= 15 is 0 Å². The number of aromatic hydroxyl groups is 1. The van der Waals surface area contributed by atoms with Crippen molar-refractivity contribution in [2.45, 2.75) is 26.6 Å². The number of phenolic OH excluding ortho intramolecular Hbond substituents is 1. The second kappa shape index (κ2) is 8.08. The lowest BCUT2D eigenvalue weighted by Gasteiger charge is -2.09. The fourth-order valence-electron chi connectivity index (χ4n) is 0.917. The Bertz CT molecular complexity index is 397. The quantitative estimate of drug-likeness (QED) is 0.557. The van der Waals surface area contributed by atoms with E-state index in [1.165, 1.54) is 12.1 Å². The number of rotatable bonds is 3. The fourth-order valence-corrected chi connectivity index (χ4v) is 0.917. The van der Waals surface area contributed by atoms with E-state index in [-0.39, 0.29) is 11.3 Å². The number of phenols is 1. The predicted molar refractivity (Wildman–Crippen MR) is 63.1 cm³/mol. The maximum atomic E-state index is 11.3. The van der Waals surface area contributed by atoms with Crippen LogP contribution < -0.4 is 0 Å². The Balaban J connectivity index is 0.000000631. The Kier molecular flexibility index (Phi) is 7.14. The van der Waals surface area contributed by atoms with Crippen molar-refractivity contribution in [3.05, 3.63) is 29.8 Å². The molecular formula is C12H16O6. The zero-order valence-corrected chi connectivity index (χ0v) is 10.2. The van der Waals surface area contributed by atoms with Crippen LogP contribution in [0.25, 0.3) is 0 Å². The zero-order valence-electron chi connectivity index (χ0n) is 10.2. The maximum Gasteiger partial charge on any atom is 0.344 e. The lowest BCUT2D eigenvalue weighted by atomic mass is 10.2. The number of carbonyl (C=O) groups excluding carboxylic acids is 1. The molecule has 0 spiro atoms. The Morgan fingerprint density at radius 3 is 2.28 bits per heavy atom. The summed E-state index contributed by atoms with van der Waals surface area (Å²) in [5, 5.41) is 25.8. The minimum absolute atomic E-state index is 0.0556. The van der Waals surface area contributed by atoms with E-state index in [0.29, 0.717) is 6.42 Å².